The van der Waals surface area contributed by atoms with Gasteiger partial charge in [0, 0.05) is 55.0 Å². The normalized spacial score (nSPS) is 21.7. The summed E-state index contributed by atoms with van der Waals surface area (Å²) in [6, 6.07) is 7.41. The van der Waals surface area contributed by atoms with Gasteiger partial charge in [0.25, 0.3) is 0 Å². The maximum Gasteiger partial charge on any atom is 0.349 e. The predicted octanol–water partition coefficient (Wildman–Crippen LogP) is 4.86. The Morgan fingerprint density at radius 2 is 2.07 bits per heavy atom. The first kappa shape index (κ1) is 26.1. The van der Waals surface area contributed by atoms with Crippen LogP contribution in [0.1, 0.15) is 24.8 Å². The molecule has 5 aromatic rings. The molecule has 1 N–H and O–H groups in total. The van der Waals surface area contributed by atoms with E-state index in [1.165, 1.54) is 18.2 Å². The monoisotopic (exact) mass is 586 g/mol. The number of hydrogen-bond donors (Lipinski definition) is 1. The molecule has 8 rings (SSSR count). The second-order valence-corrected chi connectivity index (χ2v) is 11.7. The second-order valence-electron chi connectivity index (χ2n) is 11.7. The molecule has 43 heavy (non-hydrogen) atoms. The third kappa shape index (κ3) is 3.99. The van der Waals surface area contributed by atoms with Gasteiger partial charge >= 0.3 is 11.6 Å². The second kappa shape index (κ2) is 9.46. The first-order valence-corrected chi connectivity index (χ1v) is 14.4. The maximum absolute atomic E-state index is 15.1. The number of alkyl halides is 1. The fraction of sp³-hybridized carbons (Fsp3) is 0.355. The van der Waals surface area contributed by atoms with E-state index in [9.17, 15) is 14.3 Å². The van der Waals surface area contributed by atoms with Gasteiger partial charge in [-0.1, -0.05) is 12.1 Å². The van der Waals surface area contributed by atoms with E-state index >= 15 is 4.39 Å². The summed E-state index contributed by atoms with van der Waals surface area (Å²) in [6.07, 6.45) is 4.79. The molecule has 12 heteroatoms. The highest BCUT2D eigenvalue weighted by Crippen LogP contribution is 2.42. The number of rotatable bonds is 5. The molecule has 2 aromatic carbocycles. The van der Waals surface area contributed by atoms with Crippen molar-refractivity contribution in [2.24, 2.45) is 0 Å². The Hall–Kier alpha value is -4.58. The van der Waals surface area contributed by atoms with Crippen molar-refractivity contribution in [1.29, 1.82) is 0 Å². The van der Waals surface area contributed by atoms with Crippen LogP contribution in [0.4, 0.5) is 20.5 Å². The van der Waals surface area contributed by atoms with Gasteiger partial charge in [-0.25, -0.2) is 18.6 Å². The molecule has 0 saturated carbocycles. The van der Waals surface area contributed by atoms with Crippen molar-refractivity contribution in [2.75, 3.05) is 31.1 Å². The molecule has 0 bridgehead atoms. The summed E-state index contributed by atoms with van der Waals surface area (Å²) in [6.45, 7) is 4.31. The molecule has 3 aliphatic heterocycles. The summed E-state index contributed by atoms with van der Waals surface area (Å²) in [5.74, 6) is 0.364. The first-order chi connectivity index (χ1) is 20.8. The zero-order valence-electron chi connectivity index (χ0n) is 23.4. The van der Waals surface area contributed by atoms with Crippen molar-refractivity contribution >= 4 is 33.4 Å². The molecule has 2 fully saturated rings. The Balaban J connectivity index is 1.32. The number of nitrogens with zero attached hydrogens (tertiary/aromatic N) is 6. The Morgan fingerprint density at radius 1 is 1.19 bits per heavy atom. The minimum absolute atomic E-state index is 0.0441. The average Bonchev–Trinajstić information content (AvgIpc) is 3.74. The lowest BCUT2D eigenvalue weighted by Gasteiger charge is -2.31. The van der Waals surface area contributed by atoms with Gasteiger partial charge in [0.1, 0.15) is 35.5 Å². The highest BCUT2D eigenvalue weighted by Gasteiger charge is 2.49. The van der Waals surface area contributed by atoms with Gasteiger partial charge < -0.3 is 18.8 Å². The van der Waals surface area contributed by atoms with Crippen LogP contribution < -0.4 is 15.3 Å². The van der Waals surface area contributed by atoms with Crippen LogP contribution >= 0.6 is 0 Å². The number of ether oxygens (including phenoxy) is 1. The standard InChI is InChI=1S/C31H28F2N6O4/c1-17-25-24(28(41)43-26(17)21-13-20(40)12-18-4-2-5-22(33)23(18)21)27(39-11-10-37-9-7-34-30(37)39)36-29(35-25)42-16-31-6-3-8-38(31)15-19(32)14-31/h2,4-5,7,9,12-13,19,40H,3,6,8,10-11,14-16H2,1H3/t19-,31+/m1/s1. The molecule has 0 unspecified atom stereocenters. The quantitative estimate of drug-likeness (QED) is 0.309. The maximum atomic E-state index is 15.1. The number of benzene rings is 2. The molecule has 3 aliphatic rings. The Kier molecular flexibility index (Phi) is 5.74. The summed E-state index contributed by atoms with van der Waals surface area (Å²) in [4.78, 5) is 31.6. The average molecular weight is 587 g/mol. The van der Waals surface area contributed by atoms with Crippen molar-refractivity contribution in [3.05, 3.63) is 64.5 Å². The van der Waals surface area contributed by atoms with Crippen molar-refractivity contribution in [2.45, 2.75) is 44.4 Å². The highest BCUT2D eigenvalue weighted by molar-refractivity contribution is 6.01. The zero-order valence-corrected chi connectivity index (χ0v) is 23.4. The van der Waals surface area contributed by atoms with E-state index in [0.717, 1.165) is 19.4 Å². The molecule has 0 amide bonds. The largest absolute Gasteiger partial charge is 0.508 e. The van der Waals surface area contributed by atoms with E-state index in [2.05, 4.69) is 9.88 Å². The van der Waals surface area contributed by atoms with E-state index in [0.29, 0.717) is 43.0 Å². The predicted molar refractivity (Wildman–Crippen MR) is 155 cm³/mol. The van der Waals surface area contributed by atoms with Gasteiger partial charge in [-0.3, -0.25) is 9.80 Å². The van der Waals surface area contributed by atoms with Crippen molar-refractivity contribution < 1.29 is 23.0 Å². The number of phenolic OH excluding ortho intramolecular Hbond substituents is 1. The lowest BCUT2D eigenvalue weighted by Crippen LogP contribution is -2.43. The molecule has 3 aromatic heterocycles. The molecule has 0 aliphatic carbocycles. The third-order valence-corrected chi connectivity index (χ3v) is 9.11. The van der Waals surface area contributed by atoms with Gasteiger partial charge in [-0.15, -0.1) is 0 Å². The van der Waals surface area contributed by atoms with Crippen LogP contribution in [-0.4, -0.2) is 67.5 Å². The Morgan fingerprint density at radius 3 is 2.95 bits per heavy atom. The van der Waals surface area contributed by atoms with Crippen LogP contribution in [0.15, 0.2) is 51.9 Å². The van der Waals surface area contributed by atoms with Gasteiger partial charge in [-0.2, -0.15) is 9.97 Å². The van der Waals surface area contributed by atoms with Crippen LogP contribution in [0.2, 0.25) is 0 Å². The summed E-state index contributed by atoms with van der Waals surface area (Å²) in [5.41, 5.74) is -0.183. The van der Waals surface area contributed by atoms with Crippen LogP contribution in [0.5, 0.6) is 11.8 Å². The minimum atomic E-state index is -0.910. The van der Waals surface area contributed by atoms with E-state index in [1.54, 1.807) is 25.3 Å². The van der Waals surface area contributed by atoms with E-state index < -0.39 is 23.2 Å². The number of anilines is 2. The third-order valence-electron chi connectivity index (χ3n) is 9.11. The molecule has 220 valence electrons. The molecule has 10 nitrogen and oxygen atoms in total. The first-order valence-electron chi connectivity index (χ1n) is 14.4. The molecular formula is C31H28F2N6O4. The molecule has 2 saturated heterocycles. The van der Waals surface area contributed by atoms with Crippen molar-refractivity contribution in [1.82, 2.24) is 24.4 Å². The molecule has 6 heterocycles. The number of fused-ring (bicyclic) bond motifs is 4. The smallest absolute Gasteiger partial charge is 0.349 e. The van der Waals surface area contributed by atoms with Crippen LogP contribution in [0.25, 0.3) is 33.0 Å². The summed E-state index contributed by atoms with van der Waals surface area (Å²) in [7, 11) is 0. The zero-order chi connectivity index (χ0) is 29.5. The number of aromatic nitrogens is 4. The number of aromatic hydroxyl groups is 1. The summed E-state index contributed by atoms with van der Waals surface area (Å²) >= 11 is 0. The van der Waals surface area contributed by atoms with Gasteiger partial charge in [0.2, 0.25) is 5.95 Å². The fourth-order valence-corrected chi connectivity index (χ4v) is 7.15. The Labute approximate surface area is 244 Å². The molecule has 0 spiro atoms. The number of aryl methyl sites for hydroxylation is 1. The molecule has 2 atom stereocenters. The highest BCUT2D eigenvalue weighted by atomic mass is 19.1. The summed E-state index contributed by atoms with van der Waals surface area (Å²) < 4.78 is 43.7. The van der Waals surface area contributed by atoms with Gasteiger partial charge in [-0.05, 0) is 49.9 Å². The Bertz CT molecular complexity index is 1990. The van der Waals surface area contributed by atoms with Crippen LogP contribution in [0.3, 0.4) is 0 Å². The molecule has 0 radical (unpaired) electrons. The fourth-order valence-electron chi connectivity index (χ4n) is 7.15. The lowest BCUT2D eigenvalue weighted by molar-refractivity contribution is 0.107. The minimum Gasteiger partial charge on any atom is -0.508 e. The van der Waals surface area contributed by atoms with Crippen LogP contribution in [0, 0.1) is 12.7 Å². The van der Waals surface area contributed by atoms with E-state index in [1.807, 2.05) is 15.7 Å². The van der Waals surface area contributed by atoms with Gasteiger partial charge in [0.15, 0.2) is 5.82 Å². The topological polar surface area (TPSA) is 110 Å². The number of halogens is 2. The van der Waals surface area contributed by atoms with Crippen LogP contribution in [-0.2, 0) is 6.54 Å². The van der Waals surface area contributed by atoms with Gasteiger partial charge in [0.05, 0.1) is 11.1 Å². The lowest BCUT2D eigenvalue weighted by atomic mass is 9.95. The number of imidazole rings is 1. The number of phenols is 1. The summed E-state index contributed by atoms with van der Waals surface area (Å²) in [5, 5.41) is 11.3. The van der Waals surface area contributed by atoms with Crippen molar-refractivity contribution in [3.63, 3.8) is 0 Å². The number of hydrogen-bond acceptors (Lipinski definition) is 9. The van der Waals surface area contributed by atoms with Crippen molar-refractivity contribution in [3.8, 4) is 23.1 Å². The SMILES string of the molecule is Cc1c(-c2cc(O)cc3cccc(F)c23)oc(=O)c2c(N3CCn4ccnc43)nc(OC[C@@]34CCCN3C[C@H](F)C4)nc12. The van der Waals surface area contributed by atoms with E-state index in [-0.39, 0.29) is 51.8 Å². The molecular weight excluding hydrogens is 558 g/mol. The van der Waals surface area contributed by atoms with E-state index in [4.69, 9.17) is 19.1 Å².